The van der Waals surface area contributed by atoms with Crippen LogP contribution in [-0.2, 0) is 30.3 Å². The van der Waals surface area contributed by atoms with Gasteiger partial charge in [0.1, 0.15) is 6.10 Å². The van der Waals surface area contributed by atoms with E-state index in [4.69, 9.17) is 9.47 Å². The molecule has 0 bridgehead atoms. The molecule has 0 unspecified atom stereocenters. The first-order valence-electron chi connectivity index (χ1n) is 13.5. The van der Waals surface area contributed by atoms with Crippen molar-refractivity contribution in [3.8, 4) is 0 Å². The average molecular weight is 537 g/mol. The molecule has 1 heterocycles. The number of methoxy groups -OCH3 is 1. The Kier molecular flexibility index (Phi) is 12.2. The minimum Gasteiger partial charge on any atom is -0.455 e. The number of hydrogen-bond acceptors (Lipinski definition) is 6. The van der Waals surface area contributed by atoms with E-state index in [1.807, 2.05) is 72.8 Å². The third-order valence-corrected chi connectivity index (χ3v) is 6.82. The van der Waals surface area contributed by atoms with Gasteiger partial charge in [-0.05, 0) is 43.7 Å². The number of benzene rings is 2. The van der Waals surface area contributed by atoms with Crippen molar-refractivity contribution in [2.75, 3.05) is 20.3 Å². The number of carbonyl (C=O) groups is 3. The average Bonchev–Trinajstić information content (AvgIpc) is 2.95. The van der Waals surface area contributed by atoms with Crippen molar-refractivity contribution in [1.82, 2.24) is 10.6 Å². The smallest absolute Gasteiger partial charge is 0.309 e. The summed E-state index contributed by atoms with van der Waals surface area (Å²) in [6.45, 7) is 1.62. The number of allylic oxidation sites excluding steroid dienone is 2. The first-order valence-corrected chi connectivity index (χ1v) is 13.5. The van der Waals surface area contributed by atoms with Crippen LogP contribution in [0, 0.1) is 11.8 Å². The van der Waals surface area contributed by atoms with E-state index < -0.39 is 24.1 Å². The molecule has 0 radical (unpaired) electrons. The standard InChI is InChI=1S/C31H40N2O6/c1-22(20-34)32-28(35)19-25-16-10-5-11-17-26(18-23-12-6-3-7-13-23)31(37)39-29(24-14-8-4-9-15-24)27(21-38-2)33-30(25)36/h3-10,12-15,22,25-27,29,34H,11,16-21H2,1-2H3,(H,32,35)(H,33,36)/t22-,25+,26+,27-,29-/m0/s1. The summed E-state index contributed by atoms with van der Waals surface area (Å²) in [5.41, 5.74) is 1.79. The summed E-state index contributed by atoms with van der Waals surface area (Å²) >= 11 is 0. The number of esters is 1. The van der Waals surface area contributed by atoms with Gasteiger partial charge in [0.05, 0.1) is 31.1 Å². The van der Waals surface area contributed by atoms with E-state index in [9.17, 15) is 19.5 Å². The summed E-state index contributed by atoms with van der Waals surface area (Å²) in [5, 5.41) is 15.0. The maximum absolute atomic E-state index is 13.6. The van der Waals surface area contributed by atoms with Gasteiger partial charge < -0.3 is 25.2 Å². The van der Waals surface area contributed by atoms with Gasteiger partial charge in [0, 0.05) is 19.6 Å². The Morgan fingerprint density at radius 2 is 1.77 bits per heavy atom. The number of amides is 2. The molecule has 1 aliphatic rings. The summed E-state index contributed by atoms with van der Waals surface area (Å²) in [6.07, 6.45) is 5.16. The Labute approximate surface area is 230 Å². The van der Waals surface area contributed by atoms with Crippen LogP contribution < -0.4 is 10.6 Å². The molecule has 2 aromatic rings. The van der Waals surface area contributed by atoms with Crippen LogP contribution in [0.15, 0.2) is 72.8 Å². The van der Waals surface area contributed by atoms with Gasteiger partial charge in [-0.25, -0.2) is 0 Å². The first-order chi connectivity index (χ1) is 18.9. The summed E-state index contributed by atoms with van der Waals surface area (Å²) in [5.74, 6) is -1.98. The fourth-order valence-electron chi connectivity index (χ4n) is 4.70. The van der Waals surface area contributed by atoms with Gasteiger partial charge in [-0.1, -0.05) is 72.8 Å². The molecule has 0 saturated heterocycles. The second-order valence-corrected chi connectivity index (χ2v) is 10.1. The fourth-order valence-corrected chi connectivity index (χ4v) is 4.70. The minimum atomic E-state index is -0.779. The molecular weight excluding hydrogens is 496 g/mol. The third kappa shape index (κ3) is 9.64. The highest BCUT2D eigenvalue weighted by Gasteiger charge is 2.33. The van der Waals surface area contributed by atoms with E-state index in [2.05, 4.69) is 10.6 Å². The lowest BCUT2D eigenvalue weighted by atomic mass is 9.94. The van der Waals surface area contributed by atoms with Crippen molar-refractivity contribution in [1.29, 1.82) is 0 Å². The maximum atomic E-state index is 13.6. The van der Waals surface area contributed by atoms with Gasteiger partial charge in [-0.15, -0.1) is 0 Å². The number of nitrogens with one attached hydrogen (secondary N) is 2. The summed E-state index contributed by atoms with van der Waals surface area (Å²) < 4.78 is 11.6. The van der Waals surface area contributed by atoms with Crippen LogP contribution in [0.2, 0.25) is 0 Å². The normalized spacial score (nSPS) is 23.4. The van der Waals surface area contributed by atoms with Crippen molar-refractivity contribution < 1.29 is 29.0 Å². The molecular formula is C31H40N2O6. The summed E-state index contributed by atoms with van der Waals surface area (Å²) in [4.78, 5) is 39.7. The van der Waals surface area contributed by atoms with Gasteiger partial charge in [0.25, 0.3) is 0 Å². The molecule has 3 rings (SSSR count). The third-order valence-electron chi connectivity index (χ3n) is 6.82. The topological polar surface area (TPSA) is 114 Å². The fraction of sp³-hybridized carbons (Fsp3) is 0.452. The number of rotatable bonds is 9. The van der Waals surface area contributed by atoms with Gasteiger partial charge in [0.2, 0.25) is 11.8 Å². The number of cyclic esters (lactones) is 1. The predicted molar refractivity (Wildman–Crippen MR) is 149 cm³/mol. The van der Waals surface area contributed by atoms with Crippen LogP contribution in [0.1, 0.15) is 49.8 Å². The molecule has 39 heavy (non-hydrogen) atoms. The van der Waals surface area contributed by atoms with Crippen LogP contribution >= 0.6 is 0 Å². The van der Waals surface area contributed by atoms with E-state index in [0.717, 1.165) is 11.1 Å². The maximum Gasteiger partial charge on any atom is 0.309 e. The van der Waals surface area contributed by atoms with Crippen LogP contribution in [0.5, 0.6) is 0 Å². The molecule has 8 heteroatoms. The molecule has 0 saturated carbocycles. The number of aliphatic hydroxyl groups excluding tert-OH is 1. The zero-order valence-corrected chi connectivity index (χ0v) is 22.8. The minimum absolute atomic E-state index is 0.0351. The van der Waals surface area contributed by atoms with E-state index in [1.54, 1.807) is 6.92 Å². The van der Waals surface area contributed by atoms with Crippen molar-refractivity contribution >= 4 is 17.8 Å². The van der Waals surface area contributed by atoms with Crippen LogP contribution in [0.25, 0.3) is 0 Å². The van der Waals surface area contributed by atoms with Gasteiger partial charge >= 0.3 is 5.97 Å². The molecule has 0 aliphatic carbocycles. The largest absolute Gasteiger partial charge is 0.455 e. The monoisotopic (exact) mass is 536 g/mol. The van der Waals surface area contributed by atoms with Crippen molar-refractivity contribution in [2.24, 2.45) is 11.8 Å². The molecule has 3 N–H and O–H groups in total. The van der Waals surface area contributed by atoms with E-state index in [0.29, 0.717) is 25.7 Å². The molecule has 0 spiro atoms. The Balaban J connectivity index is 1.92. The lowest BCUT2D eigenvalue weighted by Crippen LogP contribution is -2.47. The van der Waals surface area contributed by atoms with E-state index in [1.165, 1.54) is 7.11 Å². The molecule has 8 nitrogen and oxygen atoms in total. The predicted octanol–water partition coefficient (Wildman–Crippen LogP) is 3.50. The van der Waals surface area contributed by atoms with Gasteiger partial charge in [-0.3, -0.25) is 14.4 Å². The quantitative estimate of drug-likeness (QED) is 0.334. The van der Waals surface area contributed by atoms with Gasteiger partial charge in [0.15, 0.2) is 0 Å². The Morgan fingerprint density at radius 1 is 1.08 bits per heavy atom. The summed E-state index contributed by atoms with van der Waals surface area (Å²) in [7, 11) is 1.53. The highest BCUT2D eigenvalue weighted by atomic mass is 16.5. The van der Waals surface area contributed by atoms with Crippen LogP contribution in [-0.4, -0.2) is 55.3 Å². The Hall–Kier alpha value is -3.49. The van der Waals surface area contributed by atoms with Crippen LogP contribution in [0.4, 0.5) is 0 Å². The molecule has 0 fully saturated rings. The van der Waals surface area contributed by atoms with Crippen LogP contribution in [0.3, 0.4) is 0 Å². The summed E-state index contributed by atoms with van der Waals surface area (Å²) in [6, 6.07) is 18.1. The van der Waals surface area contributed by atoms with E-state index in [-0.39, 0.29) is 43.3 Å². The van der Waals surface area contributed by atoms with E-state index >= 15 is 0 Å². The van der Waals surface area contributed by atoms with Crippen molar-refractivity contribution in [2.45, 2.75) is 57.2 Å². The second kappa shape index (κ2) is 15.8. The molecule has 1 aliphatic heterocycles. The molecule has 2 amide bonds. The Morgan fingerprint density at radius 3 is 2.44 bits per heavy atom. The van der Waals surface area contributed by atoms with Crippen molar-refractivity contribution in [3.05, 3.63) is 83.9 Å². The number of aliphatic hydroxyl groups is 1. The second-order valence-electron chi connectivity index (χ2n) is 10.1. The molecule has 0 aromatic heterocycles. The number of carbonyl (C=O) groups excluding carboxylic acids is 3. The highest BCUT2D eigenvalue weighted by Crippen LogP contribution is 2.27. The lowest BCUT2D eigenvalue weighted by molar-refractivity contribution is -0.158. The van der Waals surface area contributed by atoms with Crippen molar-refractivity contribution in [3.63, 3.8) is 0 Å². The van der Waals surface area contributed by atoms with Gasteiger partial charge in [-0.2, -0.15) is 0 Å². The zero-order valence-electron chi connectivity index (χ0n) is 22.8. The zero-order chi connectivity index (χ0) is 28.0. The lowest BCUT2D eigenvalue weighted by Gasteiger charge is -2.30. The highest BCUT2D eigenvalue weighted by molar-refractivity contribution is 5.86. The number of hydrogen-bond donors (Lipinski definition) is 3. The molecule has 210 valence electrons. The SMILES string of the molecule is COC[C@@H]1NC(=O)[C@@H](CC(=O)N[C@@H](C)CO)CC=CCC[C@H](Cc2ccccc2)C(=O)O[C@H]1c1ccccc1. The molecule has 2 aromatic carbocycles. The number of ether oxygens (including phenoxy) is 2. The first kappa shape index (κ1) is 30.1. The molecule has 5 atom stereocenters. The Bertz CT molecular complexity index is 1080.